The molecule has 1 unspecified atom stereocenters. The van der Waals surface area contributed by atoms with E-state index in [2.05, 4.69) is 5.32 Å². The lowest BCUT2D eigenvalue weighted by Crippen LogP contribution is -2.42. The van der Waals surface area contributed by atoms with E-state index in [4.69, 9.17) is 4.74 Å². The van der Waals surface area contributed by atoms with Crippen molar-refractivity contribution in [2.24, 2.45) is 0 Å². The van der Waals surface area contributed by atoms with Gasteiger partial charge in [-0.3, -0.25) is 0 Å². The highest BCUT2D eigenvalue weighted by molar-refractivity contribution is 5.13. The maximum Gasteiger partial charge on any atom is 0.0975 e. The van der Waals surface area contributed by atoms with Crippen LogP contribution in [0.15, 0.2) is 30.3 Å². The zero-order valence-electron chi connectivity index (χ0n) is 10.4. The van der Waals surface area contributed by atoms with Crippen molar-refractivity contribution >= 4 is 0 Å². The average Bonchev–Trinajstić information content (AvgIpc) is 3.12. The van der Waals surface area contributed by atoms with Gasteiger partial charge in [0.25, 0.3) is 0 Å². The lowest BCUT2D eigenvalue weighted by Gasteiger charge is -2.23. The third kappa shape index (κ3) is 4.86. The van der Waals surface area contributed by atoms with E-state index in [-0.39, 0.29) is 0 Å². The van der Waals surface area contributed by atoms with Crippen LogP contribution < -0.4 is 5.32 Å². The molecule has 0 aromatic heterocycles. The summed E-state index contributed by atoms with van der Waals surface area (Å²) in [5.74, 6) is 0. The molecular formula is C14H21NO2. The fraction of sp³-hybridized carbons (Fsp3) is 0.571. The largest absolute Gasteiger partial charge is 0.386 e. The average molecular weight is 235 g/mol. The second-order valence-electron chi connectivity index (χ2n) is 5.13. The molecule has 1 atom stereocenters. The monoisotopic (exact) mass is 235 g/mol. The Balaban J connectivity index is 1.65. The van der Waals surface area contributed by atoms with Crippen LogP contribution in [-0.4, -0.2) is 29.9 Å². The maximum absolute atomic E-state index is 10.1. The summed E-state index contributed by atoms with van der Waals surface area (Å²) in [5, 5.41) is 13.4. The molecule has 3 heteroatoms. The predicted octanol–water partition coefficient (Wildman–Crippen LogP) is 1.71. The molecule has 1 saturated carbocycles. The fourth-order valence-corrected chi connectivity index (χ4v) is 1.67. The van der Waals surface area contributed by atoms with Crippen molar-refractivity contribution in [3.8, 4) is 0 Å². The predicted molar refractivity (Wildman–Crippen MR) is 67.7 cm³/mol. The Morgan fingerprint density at radius 1 is 1.35 bits per heavy atom. The zero-order chi connectivity index (χ0) is 12.1. The highest BCUT2D eigenvalue weighted by Crippen LogP contribution is 2.19. The molecule has 1 aromatic rings. The molecule has 2 rings (SSSR count). The molecule has 17 heavy (non-hydrogen) atoms. The molecule has 1 aromatic carbocycles. The second kappa shape index (κ2) is 5.63. The van der Waals surface area contributed by atoms with E-state index >= 15 is 0 Å². The summed E-state index contributed by atoms with van der Waals surface area (Å²) in [6.07, 6.45) is 2.47. The van der Waals surface area contributed by atoms with Crippen molar-refractivity contribution in [1.82, 2.24) is 5.32 Å². The highest BCUT2D eigenvalue weighted by Gasteiger charge is 2.26. The Labute approximate surface area is 103 Å². The van der Waals surface area contributed by atoms with Crippen LogP contribution in [-0.2, 0) is 11.3 Å². The van der Waals surface area contributed by atoms with Gasteiger partial charge >= 0.3 is 0 Å². The quantitative estimate of drug-likeness (QED) is 0.756. The normalized spacial score (nSPS) is 18.9. The van der Waals surface area contributed by atoms with Gasteiger partial charge in [0, 0.05) is 12.6 Å². The van der Waals surface area contributed by atoms with Crippen molar-refractivity contribution < 1.29 is 9.84 Å². The summed E-state index contributed by atoms with van der Waals surface area (Å²) in [4.78, 5) is 0. The van der Waals surface area contributed by atoms with Gasteiger partial charge < -0.3 is 15.2 Å². The minimum Gasteiger partial charge on any atom is -0.386 e. The van der Waals surface area contributed by atoms with E-state index in [1.165, 1.54) is 12.8 Å². The third-order valence-corrected chi connectivity index (χ3v) is 2.87. The summed E-state index contributed by atoms with van der Waals surface area (Å²) < 4.78 is 5.55. The molecule has 0 aliphatic heterocycles. The van der Waals surface area contributed by atoms with E-state index in [0.717, 1.165) is 5.56 Å². The first-order valence-corrected chi connectivity index (χ1v) is 6.23. The molecule has 1 aliphatic carbocycles. The van der Waals surface area contributed by atoms with Gasteiger partial charge in [-0.05, 0) is 25.3 Å². The van der Waals surface area contributed by atoms with E-state index in [0.29, 0.717) is 25.8 Å². The number of ether oxygens (including phenoxy) is 1. The molecule has 0 bridgehead atoms. The van der Waals surface area contributed by atoms with Crippen molar-refractivity contribution in [1.29, 1.82) is 0 Å². The van der Waals surface area contributed by atoms with Crippen molar-refractivity contribution in [2.75, 3.05) is 13.2 Å². The smallest absolute Gasteiger partial charge is 0.0975 e. The van der Waals surface area contributed by atoms with Crippen LogP contribution in [0.3, 0.4) is 0 Å². The first kappa shape index (κ1) is 12.6. The molecule has 2 N–H and O–H groups in total. The molecule has 0 spiro atoms. The zero-order valence-corrected chi connectivity index (χ0v) is 10.4. The molecule has 0 radical (unpaired) electrons. The van der Waals surface area contributed by atoms with Gasteiger partial charge in [-0.2, -0.15) is 0 Å². The molecule has 0 amide bonds. The van der Waals surface area contributed by atoms with Gasteiger partial charge in [-0.15, -0.1) is 0 Å². The Hall–Kier alpha value is -0.900. The highest BCUT2D eigenvalue weighted by atomic mass is 16.5. The molecular weight excluding hydrogens is 214 g/mol. The Kier molecular flexibility index (Phi) is 4.15. The van der Waals surface area contributed by atoms with Crippen molar-refractivity contribution in [3.05, 3.63) is 35.9 Å². The van der Waals surface area contributed by atoms with Gasteiger partial charge in [-0.25, -0.2) is 0 Å². The standard InChI is InChI=1S/C14H21NO2/c1-14(16,10-15-13-7-8-13)11-17-9-12-5-3-2-4-6-12/h2-6,13,15-16H,7-11H2,1H3. The van der Waals surface area contributed by atoms with Gasteiger partial charge in [-0.1, -0.05) is 30.3 Å². The topological polar surface area (TPSA) is 41.5 Å². The summed E-state index contributed by atoms with van der Waals surface area (Å²) >= 11 is 0. The van der Waals surface area contributed by atoms with Crippen LogP contribution in [0.25, 0.3) is 0 Å². The Morgan fingerprint density at radius 3 is 2.71 bits per heavy atom. The summed E-state index contributed by atoms with van der Waals surface area (Å²) in [5.41, 5.74) is 0.357. The van der Waals surface area contributed by atoms with Gasteiger partial charge in [0.05, 0.1) is 18.8 Å². The second-order valence-corrected chi connectivity index (χ2v) is 5.13. The number of rotatable bonds is 7. The lowest BCUT2D eigenvalue weighted by molar-refractivity contribution is -0.0382. The Bertz CT molecular complexity index is 333. The number of benzene rings is 1. The van der Waals surface area contributed by atoms with Crippen LogP contribution in [0.1, 0.15) is 25.3 Å². The molecule has 0 heterocycles. The van der Waals surface area contributed by atoms with Crippen molar-refractivity contribution in [3.63, 3.8) is 0 Å². The fourth-order valence-electron chi connectivity index (χ4n) is 1.67. The summed E-state index contributed by atoms with van der Waals surface area (Å²) in [6.45, 7) is 3.34. The number of nitrogens with one attached hydrogen (secondary N) is 1. The number of aliphatic hydroxyl groups is 1. The minimum absolute atomic E-state index is 0.363. The van der Waals surface area contributed by atoms with E-state index in [1.54, 1.807) is 0 Å². The van der Waals surface area contributed by atoms with Crippen molar-refractivity contribution in [2.45, 2.75) is 38.0 Å². The lowest BCUT2D eigenvalue weighted by atomic mass is 10.1. The summed E-state index contributed by atoms with van der Waals surface area (Å²) in [7, 11) is 0. The molecule has 94 valence electrons. The maximum atomic E-state index is 10.1. The first-order valence-electron chi connectivity index (χ1n) is 6.23. The third-order valence-electron chi connectivity index (χ3n) is 2.87. The SMILES string of the molecule is CC(O)(CNC1CC1)COCc1ccccc1. The van der Waals surface area contributed by atoms with Crippen LogP contribution in [0.4, 0.5) is 0 Å². The first-order chi connectivity index (χ1) is 8.16. The summed E-state index contributed by atoms with van der Waals surface area (Å²) in [6, 6.07) is 10.6. The molecule has 1 fully saturated rings. The van der Waals surface area contributed by atoms with Gasteiger partial charge in [0.1, 0.15) is 0 Å². The van der Waals surface area contributed by atoms with E-state index in [9.17, 15) is 5.11 Å². The van der Waals surface area contributed by atoms with Gasteiger partial charge in [0.2, 0.25) is 0 Å². The minimum atomic E-state index is -0.780. The van der Waals surface area contributed by atoms with E-state index < -0.39 is 5.60 Å². The molecule has 3 nitrogen and oxygen atoms in total. The van der Waals surface area contributed by atoms with Crippen LogP contribution in [0.5, 0.6) is 0 Å². The Morgan fingerprint density at radius 2 is 2.06 bits per heavy atom. The van der Waals surface area contributed by atoms with Gasteiger partial charge in [0.15, 0.2) is 0 Å². The molecule has 1 aliphatic rings. The number of hydrogen-bond donors (Lipinski definition) is 2. The van der Waals surface area contributed by atoms with Crippen LogP contribution in [0, 0.1) is 0 Å². The van der Waals surface area contributed by atoms with Crippen LogP contribution >= 0.6 is 0 Å². The molecule has 0 saturated heterocycles. The van der Waals surface area contributed by atoms with Crippen LogP contribution in [0.2, 0.25) is 0 Å². The number of hydrogen-bond acceptors (Lipinski definition) is 3. The van der Waals surface area contributed by atoms with E-state index in [1.807, 2.05) is 37.3 Å².